The molecule has 0 atom stereocenters. The van der Waals surface area contributed by atoms with E-state index in [1.165, 1.54) is 25.3 Å². The summed E-state index contributed by atoms with van der Waals surface area (Å²) in [7, 11) is 2.43. The predicted octanol–water partition coefficient (Wildman–Crippen LogP) is 1.84. The van der Waals surface area contributed by atoms with Crippen molar-refractivity contribution in [1.29, 1.82) is 0 Å². The first kappa shape index (κ1) is 17.6. The second kappa shape index (κ2) is 6.52. The molecule has 0 heterocycles. The molecule has 0 aliphatic rings. The summed E-state index contributed by atoms with van der Waals surface area (Å²) in [6.45, 7) is -0.299. The van der Waals surface area contributed by atoms with Crippen molar-refractivity contribution < 1.29 is 31.1 Å². The van der Waals surface area contributed by atoms with E-state index in [-0.39, 0.29) is 23.6 Å². The van der Waals surface area contributed by atoms with Crippen LogP contribution >= 0.6 is 10.7 Å². The fourth-order valence-corrected chi connectivity index (χ4v) is 2.53. The van der Waals surface area contributed by atoms with Crippen molar-refractivity contribution >= 4 is 25.6 Å². The van der Waals surface area contributed by atoms with Crippen LogP contribution in [-0.2, 0) is 20.3 Å². The monoisotopic (exact) mass is 345 g/mol. The van der Waals surface area contributed by atoms with Gasteiger partial charge in [-0.1, -0.05) is 6.07 Å². The third-order valence-electron chi connectivity index (χ3n) is 2.45. The molecule has 0 saturated heterocycles. The molecule has 1 aromatic rings. The fraction of sp³-hybridized carbons (Fsp3) is 0.364. The lowest BCUT2D eigenvalue weighted by Gasteiger charge is -2.10. The molecule has 0 radical (unpaired) electrons. The molecule has 21 heavy (non-hydrogen) atoms. The minimum atomic E-state index is -4.95. The molecule has 10 heteroatoms. The molecule has 0 bridgehead atoms. The highest BCUT2D eigenvalue weighted by molar-refractivity contribution is 8.13. The van der Waals surface area contributed by atoms with Crippen LogP contribution in [0.25, 0.3) is 0 Å². The molecule has 0 spiro atoms. The summed E-state index contributed by atoms with van der Waals surface area (Å²) in [5.41, 5.74) is 0.387. The van der Waals surface area contributed by atoms with Gasteiger partial charge in [-0.3, -0.25) is 4.79 Å². The Morgan fingerprint density at radius 3 is 2.48 bits per heavy atom. The van der Waals surface area contributed by atoms with Crippen LogP contribution in [0.4, 0.5) is 13.2 Å². The van der Waals surface area contributed by atoms with Gasteiger partial charge in [0.05, 0.1) is 7.11 Å². The zero-order chi connectivity index (χ0) is 16.3. The summed E-state index contributed by atoms with van der Waals surface area (Å²) in [5.74, 6) is -2.03. The maximum absolute atomic E-state index is 12.0. The smallest absolute Gasteiger partial charge is 0.471 e. The number of benzene rings is 1. The van der Waals surface area contributed by atoms with Crippen molar-refractivity contribution in [2.45, 2.75) is 17.5 Å². The summed E-state index contributed by atoms with van der Waals surface area (Å²) >= 11 is 0. The SMILES string of the molecule is COc1ccc(CCNC(=O)C(F)(F)F)cc1S(=O)(=O)Cl. The molecule has 1 amide bonds. The average Bonchev–Trinajstić information content (AvgIpc) is 2.36. The molecule has 0 unspecified atom stereocenters. The molecule has 1 N–H and O–H groups in total. The van der Waals surface area contributed by atoms with Crippen molar-refractivity contribution in [1.82, 2.24) is 5.32 Å². The van der Waals surface area contributed by atoms with Crippen LogP contribution in [0.2, 0.25) is 0 Å². The highest BCUT2D eigenvalue weighted by Gasteiger charge is 2.38. The Morgan fingerprint density at radius 2 is 2.00 bits per heavy atom. The third-order valence-corrected chi connectivity index (χ3v) is 3.79. The van der Waals surface area contributed by atoms with Crippen LogP contribution < -0.4 is 10.1 Å². The zero-order valence-corrected chi connectivity index (χ0v) is 12.3. The van der Waals surface area contributed by atoms with E-state index in [1.807, 2.05) is 0 Å². The number of hydrogen-bond donors (Lipinski definition) is 1. The van der Waals surface area contributed by atoms with Gasteiger partial charge >= 0.3 is 12.1 Å². The van der Waals surface area contributed by atoms with Gasteiger partial charge in [0.15, 0.2) is 0 Å². The molecule has 1 rings (SSSR count). The van der Waals surface area contributed by atoms with Crippen LogP contribution in [-0.4, -0.2) is 34.2 Å². The summed E-state index contributed by atoms with van der Waals surface area (Å²) < 4.78 is 63.4. The summed E-state index contributed by atoms with van der Waals surface area (Å²) in [4.78, 5) is 10.3. The Hall–Kier alpha value is -1.48. The second-order valence-electron chi connectivity index (χ2n) is 3.93. The number of nitrogens with one attached hydrogen (secondary N) is 1. The lowest BCUT2D eigenvalue weighted by molar-refractivity contribution is -0.173. The van der Waals surface area contributed by atoms with E-state index < -0.39 is 21.1 Å². The summed E-state index contributed by atoms with van der Waals surface area (Å²) in [6.07, 6.45) is -4.95. The first-order valence-corrected chi connectivity index (χ1v) is 7.83. The van der Waals surface area contributed by atoms with E-state index in [4.69, 9.17) is 15.4 Å². The Morgan fingerprint density at radius 1 is 1.38 bits per heavy atom. The van der Waals surface area contributed by atoms with Gasteiger partial charge in [-0.15, -0.1) is 0 Å². The topological polar surface area (TPSA) is 72.5 Å². The molecule has 118 valence electrons. The van der Waals surface area contributed by atoms with Crippen molar-refractivity contribution in [3.05, 3.63) is 23.8 Å². The number of ether oxygens (including phenoxy) is 1. The van der Waals surface area contributed by atoms with Crippen molar-refractivity contribution in [3.8, 4) is 5.75 Å². The highest BCUT2D eigenvalue weighted by Crippen LogP contribution is 2.27. The molecule has 1 aromatic carbocycles. The van der Waals surface area contributed by atoms with Gasteiger partial charge in [0, 0.05) is 17.2 Å². The van der Waals surface area contributed by atoms with Gasteiger partial charge in [0.2, 0.25) is 0 Å². The quantitative estimate of drug-likeness (QED) is 0.827. The first-order chi connectivity index (χ1) is 9.55. The number of amides is 1. The maximum atomic E-state index is 12.0. The molecule has 0 saturated carbocycles. The second-order valence-corrected chi connectivity index (χ2v) is 6.46. The van der Waals surface area contributed by atoms with E-state index in [0.29, 0.717) is 5.56 Å². The number of methoxy groups -OCH3 is 1. The molecule has 0 aliphatic carbocycles. The van der Waals surface area contributed by atoms with Gasteiger partial charge in [0.25, 0.3) is 9.05 Å². The predicted molar refractivity (Wildman–Crippen MR) is 68.8 cm³/mol. The largest absolute Gasteiger partial charge is 0.495 e. The molecule has 0 fully saturated rings. The molecular weight excluding hydrogens is 335 g/mol. The Labute approximate surface area is 123 Å². The van der Waals surface area contributed by atoms with Gasteiger partial charge in [-0.25, -0.2) is 8.42 Å². The number of alkyl halides is 3. The Bertz CT molecular complexity index is 631. The van der Waals surface area contributed by atoms with Crippen LogP contribution in [0.15, 0.2) is 23.1 Å². The summed E-state index contributed by atoms with van der Waals surface area (Å²) in [5, 5.41) is 1.68. The van der Waals surface area contributed by atoms with Crippen LogP contribution in [0, 0.1) is 0 Å². The van der Waals surface area contributed by atoms with Gasteiger partial charge in [-0.2, -0.15) is 13.2 Å². The lowest BCUT2D eigenvalue weighted by atomic mass is 10.1. The van der Waals surface area contributed by atoms with Crippen molar-refractivity contribution in [2.75, 3.05) is 13.7 Å². The van der Waals surface area contributed by atoms with Crippen LogP contribution in [0.3, 0.4) is 0 Å². The van der Waals surface area contributed by atoms with E-state index in [1.54, 1.807) is 5.32 Å². The number of hydrogen-bond acceptors (Lipinski definition) is 4. The van der Waals surface area contributed by atoms with E-state index in [9.17, 15) is 26.4 Å². The maximum Gasteiger partial charge on any atom is 0.471 e. The van der Waals surface area contributed by atoms with Gasteiger partial charge < -0.3 is 10.1 Å². The Balaban J connectivity index is 2.80. The number of carbonyl (C=O) groups is 1. The lowest BCUT2D eigenvalue weighted by Crippen LogP contribution is -2.37. The van der Waals surface area contributed by atoms with Crippen molar-refractivity contribution in [3.63, 3.8) is 0 Å². The van der Waals surface area contributed by atoms with Crippen LogP contribution in [0.5, 0.6) is 5.75 Å². The fourth-order valence-electron chi connectivity index (χ4n) is 1.49. The van der Waals surface area contributed by atoms with Gasteiger partial charge in [-0.05, 0) is 24.1 Å². The summed E-state index contributed by atoms with van der Waals surface area (Å²) in [6, 6.07) is 3.97. The van der Waals surface area contributed by atoms with E-state index in [2.05, 4.69) is 0 Å². The average molecular weight is 346 g/mol. The minimum absolute atomic E-state index is 0.00518. The zero-order valence-electron chi connectivity index (χ0n) is 10.7. The van der Waals surface area contributed by atoms with Gasteiger partial charge in [0.1, 0.15) is 10.6 Å². The van der Waals surface area contributed by atoms with E-state index >= 15 is 0 Å². The number of halogens is 4. The first-order valence-electron chi connectivity index (χ1n) is 5.52. The minimum Gasteiger partial charge on any atom is -0.495 e. The van der Waals surface area contributed by atoms with Crippen LogP contribution in [0.1, 0.15) is 5.56 Å². The van der Waals surface area contributed by atoms with E-state index in [0.717, 1.165) is 0 Å². The molecule has 5 nitrogen and oxygen atoms in total. The highest BCUT2D eigenvalue weighted by atomic mass is 35.7. The number of carbonyl (C=O) groups excluding carboxylic acids is 1. The Kier molecular flexibility index (Phi) is 5.46. The third kappa shape index (κ3) is 5.09. The molecular formula is C11H11ClF3NO4S. The van der Waals surface area contributed by atoms with Crippen molar-refractivity contribution in [2.24, 2.45) is 0 Å². The standard InChI is InChI=1S/C11H11ClF3NO4S/c1-20-8-3-2-7(6-9(8)21(12,18)19)4-5-16-10(17)11(13,14)15/h2-3,6H,4-5H2,1H3,(H,16,17). The number of rotatable bonds is 5. The molecule has 0 aromatic heterocycles. The normalized spacial score (nSPS) is 12.0. The molecule has 0 aliphatic heterocycles.